The Hall–Kier alpha value is -6.88. The molecule has 1 aliphatic rings. The second kappa shape index (κ2) is 11.2. The van der Waals surface area contributed by atoms with E-state index in [1.807, 2.05) is 54.6 Å². The first-order valence-electron chi connectivity index (χ1n) is 14.9. The maximum absolute atomic E-state index is 14.1. The highest BCUT2D eigenvalue weighted by atomic mass is 19.1. The Morgan fingerprint density at radius 3 is 1.48 bits per heavy atom. The van der Waals surface area contributed by atoms with Crippen LogP contribution in [0.4, 0.5) is 15.8 Å². The van der Waals surface area contributed by atoms with Crippen molar-refractivity contribution >= 4 is 56.6 Å². The van der Waals surface area contributed by atoms with Crippen molar-refractivity contribution in [2.24, 2.45) is 0 Å². The largest absolute Gasteiger partial charge is 0.354 e. The lowest BCUT2D eigenvalue weighted by molar-refractivity contribution is -0.385. The van der Waals surface area contributed by atoms with Gasteiger partial charge in [0.05, 0.1) is 26.8 Å². The number of aromatic nitrogens is 4. The number of nitrogens with one attached hydrogen (secondary N) is 3. The lowest BCUT2D eigenvalue weighted by Crippen LogP contribution is -1.90. The van der Waals surface area contributed by atoms with Crippen molar-refractivity contribution in [3.63, 3.8) is 0 Å². The van der Waals surface area contributed by atoms with E-state index in [2.05, 4.69) is 15.0 Å². The molecule has 0 fully saturated rings. The highest BCUT2D eigenvalue weighted by molar-refractivity contribution is 6.00. The molecule has 5 heterocycles. The monoisotopic (exact) mass is 634 g/mol. The van der Waals surface area contributed by atoms with Crippen LogP contribution in [0, 0.1) is 26.0 Å². The molecule has 0 aliphatic carbocycles. The number of benzene rings is 3. The maximum atomic E-state index is 14.1. The van der Waals surface area contributed by atoms with E-state index in [4.69, 9.17) is 4.98 Å². The van der Waals surface area contributed by atoms with Crippen LogP contribution in [0.25, 0.3) is 78.6 Å². The van der Waals surface area contributed by atoms with Gasteiger partial charge in [-0.1, -0.05) is 36.4 Å². The molecule has 0 unspecified atom stereocenters. The van der Waals surface area contributed by atoms with Gasteiger partial charge in [-0.2, -0.15) is 0 Å². The van der Waals surface area contributed by atoms with Gasteiger partial charge in [0.2, 0.25) is 0 Å². The molecule has 48 heavy (non-hydrogen) atoms. The summed E-state index contributed by atoms with van der Waals surface area (Å²) in [5.74, 6) is -0.376. The van der Waals surface area contributed by atoms with Gasteiger partial charge < -0.3 is 15.0 Å². The van der Waals surface area contributed by atoms with Gasteiger partial charge in [-0.05, 0) is 77.4 Å². The molecule has 1 aliphatic heterocycles. The molecular weight excluding hydrogens is 611 g/mol. The normalized spacial score (nSPS) is 11.7. The van der Waals surface area contributed by atoms with Crippen molar-refractivity contribution in [3.8, 4) is 33.4 Å². The third-order valence-corrected chi connectivity index (χ3v) is 8.40. The Balaban J connectivity index is 1.54. The fourth-order valence-corrected chi connectivity index (χ4v) is 6.24. The number of hydrogen-bond acceptors (Lipinski definition) is 5. The van der Waals surface area contributed by atoms with Crippen LogP contribution >= 0.6 is 0 Å². The van der Waals surface area contributed by atoms with E-state index < -0.39 is 9.85 Å². The lowest BCUT2D eigenvalue weighted by atomic mass is 10.0. The number of non-ortho nitro benzene ring substituents is 2. The average molecular weight is 635 g/mol. The van der Waals surface area contributed by atoms with Crippen molar-refractivity contribution in [2.75, 3.05) is 0 Å². The van der Waals surface area contributed by atoms with Crippen LogP contribution in [0.3, 0.4) is 0 Å². The van der Waals surface area contributed by atoms with Gasteiger partial charge in [-0.25, -0.2) is 9.37 Å². The van der Waals surface area contributed by atoms with E-state index in [1.165, 1.54) is 36.4 Å². The fourth-order valence-electron chi connectivity index (χ4n) is 6.24. The number of hydrogen-bond donors (Lipinski definition) is 3. The molecule has 8 bridgehead atoms. The molecule has 8 rings (SSSR count). The van der Waals surface area contributed by atoms with E-state index >= 15 is 0 Å². The van der Waals surface area contributed by atoms with E-state index in [0.717, 1.165) is 11.1 Å². The molecule has 10 nitrogen and oxygen atoms in total. The van der Waals surface area contributed by atoms with Crippen LogP contribution < -0.4 is 0 Å². The zero-order chi connectivity index (χ0) is 32.9. The van der Waals surface area contributed by atoms with Crippen molar-refractivity contribution < 1.29 is 14.2 Å². The number of fused-ring (bicyclic) bond motifs is 9. The van der Waals surface area contributed by atoms with E-state index in [9.17, 15) is 24.6 Å². The molecule has 0 saturated carbocycles. The molecule has 11 heteroatoms. The Labute approximate surface area is 270 Å². The van der Waals surface area contributed by atoms with Gasteiger partial charge in [-0.3, -0.25) is 20.2 Å². The van der Waals surface area contributed by atoms with E-state index in [1.54, 1.807) is 30.3 Å². The zero-order valence-corrected chi connectivity index (χ0v) is 24.9. The minimum atomic E-state index is -0.431. The highest BCUT2D eigenvalue weighted by Gasteiger charge is 2.17. The number of nitrogens with zero attached hydrogens (tertiary/aromatic N) is 3. The highest BCUT2D eigenvalue weighted by Crippen LogP contribution is 2.37. The molecule has 0 saturated heterocycles. The van der Waals surface area contributed by atoms with Gasteiger partial charge in [0.15, 0.2) is 0 Å². The quantitative estimate of drug-likeness (QED) is 0.127. The van der Waals surface area contributed by atoms with Crippen LogP contribution in [-0.2, 0) is 0 Å². The number of rotatable bonds is 5. The number of H-pyrrole nitrogens is 3. The molecule has 4 aromatic heterocycles. The first-order valence-corrected chi connectivity index (χ1v) is 14.9. The first-order chi connectivity index (χ1) is 23.3. The van der Waals surface area contributed by atoms with Crippen LogP contribution in [0.1, 0.15) is 11.4 Å². The predicted octanol–water partition coefficient (Wildman–Crippen LogP) is 9.65. The molecule has 232 valence electrons. The molecular formula is C37H23FN6O4. The Bertz CT molecular complexity index is 2600. The molecule has 0 amide bonds. The van der Waals surface area contributed by atoms with Crippen LogP contribution in [0.15, 0.2) is 109 Å². The van der Waals surface area contributed by atoms with Gasteiger partial charge in [0, 0.05) is 68.5 Å². The Kier molecular flexibility index (Phi) is 6.66. The van der Waals surface area contributed by atoms with Gasteiger partial charge in [-0.15, -0.1) is 0 Å². The fraction of sp³-hybridized carbons (Fsp3) is 0. The summed E-state index contributed by atoms with van der Waals surface area (Å²) in [7, 11) is 0. The number of nitro benzene ring substituents is 2. The maximum Gasteiger partial charge on any atom is 0.270 e. The smallest absolute Gasteiger partial charge is 0.270 e. The standard InChI is InChI=1S/C37H23FN6O4/c38-24-9-7-21(8-10-24)35-29-15-17-33(41-29)36(22-3-1-5-25(19-22)43(45)46)31-13-11-27(39-31)28-12-14-32(40-28)37(34-18-16-30(35)42-34)23-4-2-6-26(20-23)44(47)48/h1-20,39,41-42H. The third kappa shape index (κ3) is 4.95. The summed E-state index contributed by atoms with van der Waals surface area (Å²) in [4.78, 5) is 38.1. The summed E-state index contributed by atoms with van der Waals surface area (Å²) in [5.41, 5.74) is 9.39. The topological polar surface area (TPSA) is 147 Å². The lowest BCUT2D eigenvalue weighted by Gasteiger charge is -2.05. The predicted molar refractivity (Wildman–Crippen MR) is 185 cm³/mol. The molecule has 7 aromatic rings. The average Bonchev–Trinajstić information content (AvgIpc) is 3.92. The van der Waals surface area contributed by atoms with Gasteiger partial charge in [0.1, 0.15) is 5.82 Å². The molecule has 3 N–H and O–H groups in total. The number of aromatic amines is 3. The second-order valence-electron chi connectivity index (χ2n) is 11.3. The summed E-state index contributed by atoms with van der Waals surface area (Å²) >= 11 is 0. The summed E-state index contributed by atoms with van der Waals surface area (Å²) in [6.07, 6.45) is 3.73. The Morgan fingerprint density at radius 1 is 0.500 bits per heavy atom. The van der Waals surface area contributed by atoms with Crippen LogP contribution in [-0.4, -0.2) is 29.8 Å². The van der Waals surface area contributed by atoms with Crippen molar-refractivity contribution in [1.29, 1.82) is 0 Å². The van der Waals surface area contributed by atoms with E-state index in [0.29, 0.717) is 66.7 Å². The minimum absolute atomic E-state index is 0.0431. The third-order valence-electron chi connectivity index (χ3n) is 8.40. The van der Waals surface area contributed by atoms with Gasteiger partial charge >= 0.3 is 0 Å². The van der Waals surface area contributed by atoms with Gasteiger partial charge in [0.25, 0.3) is 11.4 Å². The SMILES string of the molecule is O=[N+]([O-])c1cccc(-c2c3nc(c4ccc([nH]4)c(-c4cccc([N+](=O)[O-])c4)c4ccc([nH]4)c(-c4ccc(F)cc4)c4ccc2[nH]4)C=C3)c1. The van der Waals surface area contributed by atoms with Crippen molar-refractivity contribution in [1.82, 2.24) is 19.9 Å². The first kappa shape index (κ1) is 28.6. The molecule has 0 spiro atoms. The Morgan fingerprint density at radius 2 is 0.938 bits per heavy atom. The minimum Gasteiger partial charge on any atom is -0.354 e. The molecule has 0 radical (unpaired) electrons. The van der Waals surface area contributed by atoms with E-state index in [-0.39, 0.29) is 17.2 Å². The zero-order valence-electron chi connectivity index (χ0n) is 24.9. The van der Waals surface area contributed by atoms with Crippen molar-refractivity contribution in [2.45, 2.75) is 0 Å². The summed E-state index contributed by atoms with van der Waals surface area (Å²) < 4.78 is 14.1. The molecule has 0 atom stereocenters. The van der Waals surface area contributed by atoms with Crippen LogP contribution in [0.5, 0.6) is 0 Å². The second-order valence-corrected chi connectivity index (χ2v) is 11.3. The van der Waals surface area contributed by atoms with Crippen LogP contribution in [0.2, 0.25) is 0 Å². The molecule has 3 aromatic carbocycles. The number of nitro groups is 2. The summed E-state index contributed by atoms with van der Waals surface area (Å²) in [6, 6.07) is 30.4. The number of halogens is 1. The summed E-state index contributed by atoms with van der Waals surface area (Å²) in [6.45, 7) is 0. The summed E-state index contributed by atoms with van der Waals surface area (Å²) in [5, 5.41) is 23.5. The van der Waals surface area contributed by atoms with Crippen molar-refractivity contribution in [3.05, 3.63) is 147 Å².